The Morgan fingerprint density at radius 3 is 2.64 bits per heavy atom. The van der Waals surface area contributed by atoms with Crippen LogP contribution in [0.2, 0.25) is 0 Å². The van der Waals surface area contributed by atoms with Crippen molar-refractivity contribution in [2.45, 2.75) is 53.0 Å². The summed E-state index contributed by atoms with van der Waals surface area (Å²) in [6.45, 7) is 7.72. The highest BCUT2D eigenvalue weighted by atomic mass is 16.5. The minimum absolute atomic E-state index is 0.624. The van der Waals surface area contributed by atoms with Crippen LogP contribution in [0.15, 0.2) is 24.3 Å². The smallest absolute Gasteiger partial charge is 0.224 e. The molecular formula is C20H30N4O. The highest BCUT2D eigenvalue weighted by molar-refractivity contribution is 5.45. The van der Waals surface area contributed by atoms with E-state index in [9.17, 15) is 0 Å². The van der Waals surface area contributed by atoms with Gasteiger partial charge in [-0.05, 0) is 31.9 Å². The van der Waals surface area contributed by atoms with E-state index in [1.54, 1.807) is 0 Å². The minimum Gasteiger partial charge on any atom is -0.493 e. The van der Waals surface area contributed by atoms with Gasteiger partial charge in [-0.25, -0.2) is 4.98 Å². The summed E-state index contributed by atoms with van der Waals surface area (Å²) < 4.78 is 6.04. The van der Waals surface area contributed by atoms with E-state index in [0.29, 0.717) is 12.5 Å². The number of unbranched alkanes of at least 4 members (excludes halogenated alkanes) is 3. The third kappa shape index (κ3) is 6.25. The fraction of sp³-hybridized carbons (Fsp3) is 0.500. The van der Waals surface area contributed by atoms with E-state index < -0.39 is 0 Å². The topological polar surface area (TPSA) is 59.1 Å². The number of nitrogens with one attached hydrogen (secondary N) is 2. The molecule has 25 heavy (non-hydrogen) atoms. The summed E-state index contributed by atoms with van der Waals surface area (Å²) in [5, 5.41) is 6.36. The van der Waals surface area contributed by atoms with Crippen molar-refractivity contribution < 1.29 is 4.74 Å². The number of hydrogen-bond donors (Lipinski definition) is 2. The van der Waals surface area contributed by atoms with E-state index in [-0.39, 0.29) is 0 Å². The largest absolute Gasteiger partial charge is 0.493 e. The molecule has 2 rings (SSSR count). The quantitative estimate of drug-likeness (QED) is 0.613. The second-order valence-electron chi connectivity index (χ2n) is 6.34. The average Bonchev–Trinajstić information content (AvgIpc) is 2.60. The summed E-state index contributed by atoms with van der Waals surface area (Å²) in [5.74, 6) is 2.40. The van der Waals surface area contributed by atoms with Gasteiger partial charge in [0.2, 0.25) is 5.95 Å². The molecular weight excluding hydrogens is 312 g/mol. The van der Waals surface area contributed by atoms with Crippen molar-refractivity contribution in [1.29, 1.82) is 0 Å². The van der Waals surface area contributed by atoms with Gasteiger partial charge in [0, 0.05) is 30.9 Å². The molecule has 0 aliphatic heterocycles. The molecule has 0 saturated heterocycles. The normalized spacial score (nSPS) is 10.6. The Balaban J connectivity index is 2.00. The summed E-state index contributed by atoms with van der Waals surface area (Å²) in [4.78, 5) is 8.75. The van der Waals surface area contributed by atoms with E-state index in [2.05, 4.69) is 52.6 Å². The van der Waals surface area contributed by atoms with Gasteiger partial charge in [0.05, 0.1) is 6.61 Å². The number of nitrogens with zero attached hydrogens (tertiary/aromatic N) is 2. The monoisotopic (exact) mass is 342 g/mol. The summed E-state index contributed by atoms with van der Waals surface area (Å²) in [6, 6.07) is 8.29. The molecule has 1 aromatic carbocycles. The number of anilines is 2. The van der Waals surface area contributed by atoms with Crippen molar-refractivity contribution in [2.75, 3.05) is 24.3 Å². The van der Waals surface area contributed by atoms with Crippen LogP contribution in [-0.2, 0) is 6.54 Å². The van der Waals surface area contributed by atoms with Crippen LogP contribution in [0.25, 0.3) is 0 Å². The van der Waals surface area contributed by atoms with Crippen LogP contribution < -0.4 is 15.4 Å². The molecule has 2 aromatic rings. The Hall–Kier alpha value is -2.30. The van der Waals surface area contributed by atoms with Crippen LogP contribution in [0.5, 0.6) is 5.75 Å². The van der Waals surface area contributed by atoms with Crippen LogP contribution in [0.4, 0.5) is 11.8 Å². The zero-order valence-electron chi connectivity index (χ0n) is 15.9. The van der Waals surface area contributed by atoms with E-state index in [1.165, 1.54) is 24.8 Å². The molecule has 0 radical (unpaired) electrons. The van der Waals surface area contributed by atoms with E-state index in [1.807, 2.05) is 20.0 Å². The lowest BCUT2D eigenvalue weighted by atomic mass is 10.1. The van der Waals surface area contributed by atoms with Crippen LogP contribution >= 0.6 is 0 Å². The first-order valence-corrected chi connectivity index (χ1v) is 9.12. The molecule has 0 aliphatic carbocycles. The third-order valence-corrected chi connectivity index (χ3v) is 4.02. The lowest BCUT2D eigenvalue weighted by Crippen LogP contribution is -2.07. The van der Waals surface area contributed by atoms with Crippen LogP contribution in [-0.4, -0.2) is 23.6 Å². The number of aromatic nitrogens is 2. The minimum atomic E-state index is 0.624. The van der Waals surface area contributed by atoms with Crippen molar-refractivity contribution in [3.8, 4) is 5.75 Å². The van der Waals surface area contributed by atoms with E-state index in [0.717, 1.165) is 35.9 Å². The van der Waals surface area contributed by atoms with Gasteiger partial charge in [-0.15, -0.1) is 0 Å². The highest BCUT2D eigenvalue weighted by Crippen LogP contribution is 2.22. The molecule has 1 aromatic heterocycles. The van der Waals surface area contributed by atoms with Gasteiger partial charge in [-0.1, -0.05) is 38.3 Å². The molecule has 136 valence electrons. The van der Waals surface area contributed by atoms with Crippen molar-refractivity contribution in [3.63, 3.8) is 0 Å². The number of benzene rings is 1. The highest BCUT2D eigenvalue weighted by Gasteiger charge is 2.06. The number of aryl methyl sites for hydroxylation is 2. The number of rotatable bonds is 10. The van der Waals surface area contributed by atoms with Crippen LogP contribution in [0.1, 0.15) is 49.4 Å². The molecule has 0 spiro atoms. The molecule has 5 heteroatoms. The molecule has 0 unspecified atom stereocenters. The number of hydrogen-bond acceptors (Lipinski definition) is 5. The van der Waals surface area contributed by atoms with Crippen molar-refractivity contribution in [2.24, 2.45) is 0 Å². The molecule has 0 amide bonds. The summed E-state index contributed by atoms with van der Waals surface area (Å²) in [6.07, 6.45) is 4.84. The summed E-state index contributed by atoms with van der Waals surface area (Å²) >= 11 is 0. The third-order valence-electron chi connectivity index (χ3n) is 4.02. The average molecular weight is 342 g/mol. The van der Waals surface area contributed by atoms with Crippen LogP contribution in [0, 0.1) is 13.8 Å². The maximum atomic E-state index is 6.04. The van der Waals surface area contributed by atoms with Crippen molar-refractivity contribution in [1.82, 2.24) is 9.97 Å². The van der Waals surface area contributed by atoms with Crippen LogP contribution in [0.3, 0.4) is 0 Å². The van der Waals surface area contributed by atoms with Gasteiger partial charge in [0.1, 0.15) is 11.6 Å². The Morgan fingerprint density at radius 1 is 1.04 bits per heavy atom. The first kappa shape index (κ1) is 19.0. The molecule has 0 saturated carbocycles. The maximum Gasteiger partial charge on any atom is 0.224 e. The first-order valence-electron chi connectivity index (χ1n) is 9.12. The zero-order valence-corrected chi connectivity index (χ0v) is 15.9. The van der Waals surface area contributed by atoms with Gasteiger partial charge >= 0.3 is 0 Å². The molecule has 0 atom stereocenters. The van der Waals surface area contributed by atoms with Crippen molar-refractivity contribution >= 4 is 11.8 Å². The Bertz CT molecular complexity index is 673. The van der Waals surface area contributed by atoms with E-state index >= 15 is 0 Å². The summed E-state index contributed by atoms with van der Waals surface area (Å²) in [5.41, 5.74) is 3.28. The Morgan fingerprint density at radius 2 is 1.88 bits per heavy atom. The second kappa shape index (κ2) is 9.87. The molecule has 2 N–H and O–H groups in total. The lowest BCUT2D eigenvalue weighted by molar-refractivity contribution is 0.302. The fourth-order valence-electron chi connectivity index (χ4n) is 2.61. The standard InChI is InChI=1S/C20H30N4O/c1-5-6-7-8-11-25-18-12-15(2)9-10-17(18)14-22-19-13-16(3)23-20(21-4)24-19/h9-10,12-13H,5-8,11,14H2,1-4H3,(H2,21,22,23,24). The lowest BCUT2D eigenvalue weighted by Gasteiger charge is -2.14. The molecule has 0 aliphatic rings. The molecule has 5 nitrogen and oxygen atoms in total. The van der Waals surface area contributed by atoms with Crippen molar-refractivity contribution in [3.05, 3.63) is 41.1 Å². The van der Waals surface area contributed by atoms with E-state index in [4.69, 9.17) is 4.74 Å². The van der Waals surface area contributed by atoms with Gasteiger partial charge < -0.3 is 15.4 Å². The molecule has 0 fully saturated rings. The Kier molecular flexibility index (Phi) is 7.51. The van der Waals surface area contributed by atoms with Gasteiger partial charge in [0.25, 0.3) is 0 Å². The second-order valence-corrected chi connectivity index (χ2v) is 6.34. The summed E-state index contributed by atoms with van der Waals surface area (Å²) in [7, 11) is 1.82. The molecule has 0 bridgehead atoms. The predicted molar refractivity (Wildman–Crippen MR) is 104 cm³/mol. The maximum absolute atomic E-state index is 6.04. The first-order chi connectivity index (χ1) is 12.1. The zero-order chi connectivity index (χ0) is 18.1. The fourth-order valence-corrected chi connectivity index (χ4v) is 2.61. The predicted octanol–water partition coefficient (Wildman–Crippen LogP) is 4.71. The van der Waals surface area contributed by atoms with Gasteiger partial charge in [-0.3, -0.25) is 0 Å². The number of ether oxygens (including phenoxy) is 1. The SMILES string of the molecule is CCCCCCOc1cc(C)ccc1CNc1cc(C)nc(NC)n1. The molecule has 1 heterocycles. The van der Waals surface area contributed by atoms with Gasteiger partial charge in [0.15, 0.2) is 0 Å². The van der Waals surface area contributed by atoms with Gasteiger partial charge in [-0.2, -0.15) is 4.98 Å². The Labute approximate surface area is 151 Å².